The molecule has 1 aromatic heterocycles. The maximum atomic E-state index is 11.2. The summed E-state index contributed by atoms with van der Waals surface area (Å²) in [7, 11) is 1.42. The van der Waals surface area contributed by atoms with Gasteiger partial charge in [0.2, 0.25) is 0 Å². The Kier molecular flexibility index (Phi) is 6.01. The van der Waals surface area contributed by atoms with Gasteiger partial charge in [-0.05, 0) is 50.3 Å². The molecule has 0 atom stereocenters. The average molecular weight is 297 g/mol. The van der Waals surface area contributed by atoms with E-state index in [0.29, 0.717) is 12.3 Å². The lowest BCUT2D eigenvalue weighted by molar-refractivity contribution is -0.139. The highest BCUT2D eigenvalue weighted by molar-refractivity contribution is 7.12. The van der Waals surface area contributed by atoms with Crippen LogP contribution >= 0.6 is 11.3 Å². The van der Waals surface area contributed by atoms with Gasteiger partial charge in [-0.25, -0.2) is 0 Å². The molecule has 0 aromatic carbocycles. The number of carbonyl (C=O) groups is 1. The van der Waals surface area contributed by atoms with E-state index in [-0.39, 0.29) is 12.1 Å². The van der Waals surface area contributed by atoms with Crippen LogP contribution in [0.15, 0.2) is 12.1 Å². The van der Waals surface area contributed by atoms with E-state index < -0.39 is 0 Å². The Morgan fingerprint density at radius 3 is 2.75 bits per heavy atom. The van der Waals surface area contributed by atoms with E-state index in [1.165, 1.54) is 12.0 Å². The smallest absolute Gasteiger partial charge is 0.310 e. The van der Waals surface area contributed by atoms with Crippen molar-refractivity contribution in [3.63, 3.8) is 0 Å². The number of hydrogen-bond acceptors (Lipinski definition) is 5. The highest BCUT2D eigenvalue weighted by Gasteiger charge is 2.18. The number of methoxy groups -OCH3 is 1. The van der Waals surface area contributed by atoms with Crippen molar-refractivity contribution in [2.24, 2.45) is 5.92 Å². The Balaban J connectivity index is 1.68. The van der Waals surface area contributed by atoms with Gasteiger partial charge in [0.05, 0.1) is 19.6 Å². The van der Waals surface area contributed by atoms with Crippen LogP contribution in [0.4, 0.5) is 0 Å². The molecule has 112 valence electrons. The number of aliphatic hydroxyl groups excluding tert-OH is 1. The fraction of sp³-hybridized carbons (Fsp3) is 0.667. The molecule has 1 aliphatic carbocycles. The third-order valence-corrected chi connectivity index (χ3v) is 4.90. The highest BCUT2D eigenvalue weighted by atomic mass is 32.1. The second-order valence-electron chi connectivity index (χ2n) is 5.43. The van der Waals surface area contributed by atoms with Crippen molar-refractivity contribution in [2.45, 2.75) is 44.8 Å². The molecule has 1 aliphatic rings. The molecule has 2 rings (SSSR count). The van der Waals surface area contributed by atoms with Gasteiger partial charge in [0.1, 0.15) is 0 Å². The Morgan fingerprint density at radius 2 is 2.05 bits per heavy atom. The molecule has 4 nitrogen and oxygen atoms in total. The van der Waals surface area contributed by atoms with Crippen molar-refractivity contribution in [1.82, 2.24) is 5.32 Å². The summed E-state index contributed by atoms with van der Waals surface area (Å²) in [5.74, 6) is 0.500. The molecular weight excluding hydrogens is 274 g/mol. The number of aliphatic hydroxyl groups is 1. The normalized spacial score (nSPS) is 22.7. The van der Waals surface area contributed by atoms with Gasteiger partial charge < -0.3 is 15.2 Å². The molecule has 0 saturated heterocycles. The monoisotopic (exact) mass is 297 g/mol. The number of esters is 1. The molecule has 0 spiro atoms. The number of ether oxygens (including phenoxy) is 1. The molecule has 0 aliphatic heterocycles. The first-order chi connectivity index (χ1) is 9.67. The summed E-state index contributed by atoms with van der Waals surface area (Å²) in [6, 6.07) is 4.07. The molecule has 0 amide bonds. The van der Waals surface area contributed by atoms with Gasteiger partial charge in [-0.15, -0.1) is 11.3 Å². The first kappa shape index (κ1) is 15.5. The van der Waals surface area contributed by atoms with Gasteiger partial charge in [0.25, 0.3) is 0 Å². The lowest BCUT2D eigenvalue weighted by Crippen LogP contribution is -2.27. The number of nitrogens with one attached hydrogen (secondary N) is 1. The Labute approximate surface area is 124 Å². The minimum atomic E-state index is -0.188. The minimum absolute atomic E-state index is 0.0792. The van der Waals surface area contributed by atoms with Crippen molar-refractivity contribution >= 4 is 17.3 Å². The van der Waals surface area contributed by atoms with Crippen LogP contribution in [0.3, 0.4) is 0 Å². The Bertz CT molecular complexity index is 425. The van der Waals surface area contributed by atoms with Gasteiger partial charge in [-0.3, -0.25) is 4.79 Å². The van der Waals surface area contributed by atoms with E-state index in [2.05, 4.69) is 16.1 Å². The predicted octanol–water partition coefficient (Wildman–Crippen LogP) is 2.10. The molecule has 20 heavy (non-hydrogen) atoms. The summed E-state index contributed by atoms with van der Waals surface area (Å²) >= 11 is 1.66. The maximum absolute atomic E-state index is 11.2. The summed E-state index contributed by atoms with van der Waals surface area (Å²) in [5.41, 5.74) is 0. The van der Waals surface area contributed by atoms with Crippen molar-refractivity contribution in [3.8, 4) is 0 Å². The third kappa shape index (κ3) is 4.89. The van der Waals surface area contributed by atoms with E-state index in [4.69, 9.17) is 0 Å². The maximum Gasteiger partial charge on any atom is 0.310 e. The van der Waals surface area contributed by atoms with Crippen LogP contribution in [0.2, 0.25) is 0 Å². The van der Waals surface area contributed by atoms with Crippen LogP contribution in [-0.4, -0.2) is 30.8 Å². The van der Waals surface area contributed by atoms with Crippen LogP contribution in [0.5, 0.6) is 0 Å². The average Bonchev–Trinajstić information content (AvgIpc) is 2.88. The van der Waals surface area contributed by atoms with Crippen LogP contribution in [0.25, 0.3) is 0 Å². The number of hydrogen-bond donors (Lipinski definition) is 2. The lowest BCUT2D eigenvalue weighted by Gasteiger charge is -2.25. The summed E-state index contributed by atoms with van der Waals surface area (Å²) in [6.45, 7) is 1.86. The molecule has 1 saturated carbocycles. The lowest BCUT2D eigenvalue weighted by atomic mass is 9.87. The van der Waals surface area contributed by atoms with Crippen molar-refractivity contribution in [1.29, 1.82) is 0 Å². The van der Waals surface area contributed by atoms with E-state index in [9.17, 15) is 9.90 Å². The number of thiophene rings is 1. The summed E-state index contributed by atoms with van der Waals surface area (Å²) in [4.78, 5) is 13.5. The number of rotatable bonds is 6. The van der Waals surface area contributed by atoms with Crippen LogP contribution in [-0.2, 0) is 22.5 Å². The van der Waals surface area contributed by atoms with Crippen LogP contribution in [0.1, 0.15) is 35.4 Å². The second-order valence-corrected chi connectivity index (χ2v) is 6.68. The Morgan fingerprint density at radius 1 is 1.35 bits per heavy atom. The minimum Gasteiger partial charge on any atom is -0.469 e. The Hall–Kier alpha value is -0.910. The molecule has 0 radical (unpaired) electrons. The van der Waals surface area contributed by atoms with Gasteiger partial charge in [0, 0.05) is 16.3 Å². The zero-order valence-electron chi connectivity index (χ0n) is 11.9. The second kappa shape index (κ2) is 7.76. The van der Waals surface area contributed by atoms with Gasteiger partial charge >= 0.3 is 5.97 Å². The topological polar surface area (TPSA) is 58.6 Å². The van der Waals surface area contributed by atoms with E-state index in [1.807, 2.05) is 6.07 Å². The summed E-state index contributed by atoms with van der Waals surface area (Å²) < 4.78 is 4.66. The fourth-order valence-electron chi connectivity index (χ4n) is 2.58. The molecule has 1 fully saturated rings. The van der Waals surface area contributed by atoms with Gasteiger partial charge in [0.15, 0.2) is 0 Å². The first-order valence-corrected chi connectivity index (χ1v) is 8.02. The van der Waals surface area contributed by atoms with Crippen LogP contribution in [0, 0.1) is 5.92 Å². The van der Waals surface area contributed by atoms with Gasteiger partial charge in [-0.1, -0.05) is 0 Å². The molecular formula is C15H23NO3S. The van der Waals surface area contributed by atoms with Crippen molar-refractivity contribution in [3.05, 3.63) is 21.9 Å². The standard InChI is InChI=1S/C15H23NO3S/c1-19-15(18)8-13-6-7-14(20-13)10-16-9-11-2-4-12(17)5-3-11/h6-7,11-12,16-17H,2-5,8-10H2,1H3. The molecule has 0 unspecified atom stereocenters. The zero-order chi connectivity index (χ0) is 14.4. The van der Waals surface area contributed by atoms with Crippen molar-refractivity contribution in [2.75, 3.05) is 13.7 Å². The predicted molar refractivity (Wildman–Crippen MR) is 79.7 cm³/mol. The molecule has 1 aromatic rings. The zero-order valence-corrected chi connectivity index (χ0v) is 12.7. The SMILES string of the molecule is COC(=O)Cc1ccc(CNCC2CCC(O)CC2)s1. The quantitative estimate of drug-likeness (QED) is 0.790. The van der Waals surface area contributed by atoms with Gasteiger partial charge in [-0.2, -0.15) is 0 Å². The summed E-state index contributed by atoms with van der Waals surface area (Å²) in [6.07, 6.45) is 4.40. The molecule has 2 N–H and O–H groups in total. The third-order valence-electron chi connectivity index (χ3n) is 3.81. The van der Waals surface area contributed by atoms with E-state index in [1.54, 1.807) is 11.3 Å². The fourth-order valence-corrected chi connectivity index (χ4v) is 3.55. The molecule has 0 bridgehead atoms. The molecule has 5 heteroatoms. The molecule has 1 heterocycles. The largest absolute Gasteiger partial charge is 0.469 e. The summed E-state index contributed by atoms with van der Waals surface area (Å²) in [5, 5.41) is 12.9. The van der Waals surface area contributed by atoms with Crippen molar-refractivity contribution < 1.29 is 14.6 Å². The van der Waals surface area contributed by atoms with E-state index in [0.717, 1.165) is 43.6 Å². The van der Waals surface area contributed by atoms with E-state index >= 15 is 0 Å². The highest BCUT2D eigenvalue weighted by Crippen LogP contribution is 2.24. The number of carbonyl (C=O) groups excluding carboxylic acids is 1. The van der Waals surface area contributed by atoms with Crippen LogP contribution < -0.4 is 5.32 Å². The first-order valence-electron chi connectivity index (χ1n) is 7.20.